The van der Waals surface area contributed by atoms with Crippen LogP contribution in [0.1, 0.15) is 46.0 Å². The lowest BCUT2D eigenvalue weighted by Gasteiger charge is -2.33. The van der Waals surface area contributed by atoms with Crippen LogP contribution in [0.2, 0.25) is 0 Å². The summed E-state index contributed by atoms with van der Waals surface area (Å²) in [6, 6.07) is 0.349. The molecule has 5 heteroatoms. The maximum Gasteiger partial charge on any atom is 0.209 e. The molecular formula is C11H24N2O2S. The van der Waals surface area contributed by atoms with Gasteiger partial charge >= 0.3 is 0 Å². The van der Waals surface area contributed by atoms with Crippen molar-refractivity contribution in [3.8, 4) is 0 Å². The average molecular weight is 248 g/mol. The van der Waals surface area contributed by atoms with Crippen LogP contribution in [0.3, 0.4) is 0 Å². The van der Waals surface area contributed by atoms with Crippen LogP contribution >= 0.6 is 0 Å². The van der Waals surface area contributed by atoms with Crippen molar-refractivity contribution < 1.29 is 8.42 Å². The Morgan fingerprint density at radius 3 is 2.19 bits per heavy atom. The molecule has 0 saturated heterocycles. The minimum absolute atomic E-state index is 0.348. The quantitative estimate of drug-likeness (QED) is 0.786. The molecule has 0 bridgehead atoms. The van der Waals surface area contributed by atoms with Crippen molar-refractivity contribution in [1.82, 2.24) is 4.72 Å². The van der Waals surface area contributed by atoms with E-state index in [1.54, 1.807) is 0 Å². The third-order valence-electron chi connectivity index (χ3n) is 3.15. The molecule has 0 aromatic carbocycles. The Kier molecular flexibility index (Phi) is 4.37. The van der Waals surface area contributed by atoms with Gasteiger partial charge < -0.3 is 5.73 Å². The highest BCUT2D eigenvalue weighted by Gasteiger charge is 2.28. The van der Waals surface area contributed by atoms with Crippen molar-refractivity contribution in [2.75, 3.05) is 6.26 Å². The van der Waals surface area contributed by atoms with Gasteiger partial charge in [0.05, 0.1) is 6.26 Å². The number of nitrogens with two attached hydrogens (primary N) is 1. The Bertz CT molecular complexity index is 317. The Hall–Kier alpha value is -0.130. The standard InChI is InChI=1S/C11H24N2O2S/c1-11(2,13-16(3,14)15)8-9-4-6-10(12)7-5-9/h9-10,13H,4-8,12H2,1-3H3/t9-,10+. The fourth-order valence-corrected chi connectivity index (χ4v) is 3.74. The molecule has 0 unspecified atom stereocenters. The van der Waals surface area contributed by atoms with Crippen molar-refractivity contribution >= 4 is 10.0 Å². The zero-order valence-corrected chi connectivity index (χ0v) is 11.3. The van der Waals surface area contributed by atoms with Gasteiger partial charge in [-0.2, -0.15) is 0 Å². The largest absolute Gasteiger partial charge is 0.328 e. The molecule has 1 aliphatic carbocycles. The molecule has 3 N–H and O–H groups in total. The summed E-state index contributed by atoms with van der Waals surface area (Å²) in [5.41, 5.74) is 5.50. The topological polar surface area (TPSA) is 72.2 Å². The van der Waals surface area contributed by atoms with Gasteiger partial charge in [0.2, 0.25) is 10.0 Å². The van der Waals surface area contributed by atoms with Crippen LogP contribution in [0.4, 0.5) is 0 Å². The molecule has 4 nitrogen and oxygen atoms in total. The van der Waals surface area contributed by atoms with E-state index in [0.717, 1.165) is 32.1 Å². The normalized spacial score (nSPS) is 28.0. The van der Waals surface area contributed by atoms with E-state index in [-0.39, 0.29) is 5.54 Å². The average Bonchev–Trinajstić information content (AvgIpc) is 2.04. The van der Waals surface area contributed by atoms with Gasteiger partial charge in [-0.3, -0.25) is 0 Å². The van der Waals surface area contributed by atoms with Crippen molar-refractivity contribution in [2.24, 2.45) is 11.7 Å². The maximum absolute atomic E-state index is 11.2. The monoisotopic (exact) mass is 248 g/mol. The predicted molar refractivity (Wildman–Crippen MR) is 66.6 cm³/mol. The van der Waals surface area contributed by atoms with Gasteiger partial charge in [-0.05, 0) is 51.9 Å². The first kappa shape index (κ1) is 13.9. The Labute approximate surface area is 99.0 Å². The third-order valence-corrected chi connectivity index (χ3v) is 4.08. The number of rotatable bonds is 4. The van der Waals surface area contributed by atoms with E-state index in [4.69, 9.17) is 5.73 Å². The Balaban J connectivity index is 2.46. The fourth-order valence-electron chi connectivity index (χ4n) is 2.66. The van der Waals surface area contributed by atoms with Crippen molar-refractivity contribution in [3.63, 3.8) is 0 Å². The fraction of sp³-hybridized carbons (Fsp3) is 1.00. The summed E-state index contributed by atoms with van der Waals surface area (Å²) in [6.07, 6.45) is 6.49. The van der Waals surface area contributed by atoms with E-state index in [0.29, 0.717) is 12.0 Å². The molecule has 1 saturated carbocycles. The molecule has 0 radical (unpaired) electrons. The summed E-state index contributed by atoms with van der Waals surface area (Å²) in [6.45, 7) is 3.89. The van der Waals surface area contributed by atoms with Gasteiger partial charge in [0.25, 0.3) is 0 Å². The zero-order valence-electron chi connectivity index (χ0n) is 10.5. The maximum atomic E-state index is 11.2. The minimum atomic E-state index is -3.12. The highest BCUT2D eigenvalue weighted by Crippen LogP contribution is 2.30. The molecule has 0 spiro atoms. The second kappa shape index (κ2) is 5.02. The van der Waals surface area contributed by atoms with Gasteiger partial charge in [-0.25, -0.2) is 13.1 Å². The smallest absolute Gasteiger partial charge is 0.209 e. The molecule has 96 valence electrons. The lowest BCUT2D eigenvalue weighted by atomic mass is 9.80. The molecule has 0 atom stereocenters. The first-order chi connectivity index (χ1) is 7.18. The molecule has 0 aromatic heterocycles. The van der Waals surface area contributed by atoms with E-state index in [2.05, 4.69) is 4.72 Å². The third kappa shape index (κ3) is 5.27. The molecule has 0 heterocycles. The highest BCUT2D eigenvalue weighted by molar-refractivity contribution is 7.88. The van der Waals surface area contributed by atoms with Crippen molar-refractivity contribution in [2.45, 2.75) is 57.5 Å². The van der Waals surface area contributed by atoms with Crippen LogP contribution in [-0.2, 0) is 10.0 Å². The Morgan fingerprint density at radius 2 is 1.75 bits per heavy atom. The molecular weight excluding hydrogens is 224 g/mol. The summed E-state index contributed by atoms with van der Waals surface area (Å²) in [5.74, 6) is 0.601. The molecule has 0 aromatic rings. The molecule has 1 aliphatic rings. The number of hydrogen-bond donors (Lipinski definition) is 2. The summed E-state index contributed by atoms with van der Waals surface area (Å²) >= 11 is 0. The minimum Gasteiger partial charge on any atom is -0.328 e. The van der Waals surface area contributed by atoms with E-state index < -0.39 is 10.0 Å². The van der Waals surface area contributed by atoms with Crippen LogP contribution in [-0.4, -0.2) is 26.3 Å². The lowest BCUT2D eigenvalue weighted by Crippen LogP contribution is -2.44. The van der Waals surface area contributed by atoms with E-state index in [1.165, 1.54) is 6.26 Å². The van der Waals surface area contributed by atoms with E-state index in [9.17, 15) is 8.42 Å². The molecule has 1 rings (SSSR count). The van der Waals surface area contributed by atoms with Crippen LogP contribution in [0.15, 0.2) is 0 Å². The van der Waals surface area contributed by atoms with Crippen molar-refractivity contribution in [3.05, 3.63) is 0 Å². The van der Waals surface area contributed by atoms with E-state index >= 15 is 0 Å². The first-order valence-corrected chi connectivity index (χ1v) is 7.82. The molecule has 16 heavy (non-hydrogen) atoms. The Morgan fingerprint density at radius 1 is 1.25 bits per heavy atom. The van der Waals surface area contributed by atoms with Gasteiger partial charge in [-0.1, -0.05) is 0 Å². The predicted octanol–water partition coefficient (Wildman–Crippen LogP) is 1.22. The highest BCUT2D eigenvalue weighted by atomic mass is 32.2. The SMILES string of the molecule is CC(C)(C[C@H]1CC[C@@H](N)CC1)NS(C)(=O)=O. The van der Waals surface area contributed by atoms with Crippen LogP contribution in [0.25, 0.3) is 0 Å². The molecule has 1 fully saturated rings. The van der Waals surface area contributed by atoms with Gasteiger partial charge in [0, 0.05) is 11.6 Å². The second-order valence-corrected chi connectivity index (χ2v) is 7.49. The molecule has 0 amide bonds. The van der Waals surface area contributed by atoms with Gasteiger partial charge in [0.1, 0.15) is 0 Å². The summed E-state index contributed by atoms with van der Waals surface area (Å²) in [4.78, 5) is 0. The summed E-state index contributed by atoms with van der Waals surface area (Å²) < 4.78 is 25.1. The second-order valence-electron chi connectivity index (χ2n) is 5.74. The van der Waals surface area contributed by atoms with Gasteiger partial charge in [0.15, 0.2) is 0 Å². The summed E-state index contributed by atoms with van der Waals surface area (Å²) in [5, 5.41) is 0. The number of sulfonamides is 1. The van der Waals surface area contributed by atoms with E-state index in [1.807, 2.05) is 13.8 Å². The van der Waals surface area contributed by atoms with Crippen LogP contribution < -0.4 is 10.5 Å². The number of nitrogens with one attached hydrogen (secondary N) is 1. The summed E-state index contributed by atoms with van der Waals surface area (Å²) in [7, 11) is -3.12. The lowest BCUT2D eigenvalue weighted by molar-refractivity contribution is 0.254. The number of hydrogen-bond acceptors (Lipinski definition) is 3. The first-order valence-electron chi connectivity index (χ1n) is 5.92. The van der Waals surface area contributed by atoms with Gasteiger partial charge in [-0.15, -0.1) is 0 Å². The zero-order chi connectivity index (χ0) is 12.4. The van der Waals surface area contributed by atoms with Crippen LogP contribution in [0, 0.1) is 5.92 Å². The van der Waals surface area contributed by atoms with Crippen molar-refractivity contribution in [1.29, 1.82) is 0 Å². The molecule has 0 aliphatic heterocycles. The van der Waals surface area contributed by atoms with Crippen LogP contribution in [0.5, 0.6) is 0 Å².